The fourth-order valence-electron chi connectivity index (χ4n) is 3.24. The van der Waals surface area contributed by atoms with Crippen molar-refractivity contribution in [2.24, 2.45) is 17.1 Å². The molecule has 1 amide bonds. The van der Waals surface area contributed by atoms with Crippen LogP contribution in [0.3, 0.4) is 0 Å². The zero-order valence-corrected chi connectivity index (χ0v) is 11.9. The number of carbonyl (C=O) groups excluding carboxylic acids is 1. The van der Waals surface area contributed by atoms with E-state index in [1.165, 1.54) is 0 Å². The van der Waals surface area contributed by atoms with Crippen LogP contribution in [0.4, 0.5) is 0 Å². The number of nitrogens with zero attached hydrogens (tertiary/aromatic N) is 1. The van der Waals surface area contributed by atoms with Crippen LogP contribution in [0.2, 0.25) is 0 Å². The molecule has 5 heteroatoms. The molecule has 2 saturated heterocycles. The van der Waals surface area contributed by atoms with Gasteiger partial charge in [0.25, 0.3) is 0 Å². The Morgan fingerprint density at radius 1 is 1.37 bits per heavy atom. The average molecular weight is 268 g/mol. The fourth-order valence-corrected chi connectivity index (χ4v) is 3.24. The van der Waals surface area contributed by atoms with E-state index >= 15 is 0 Å². The third-order valence-corrected chi connectivity index (χ3v) is 4.65. The molecule has 2 fully saturated rings. The van der Waals surface area contributed by atoms with Crippen molar-refractivity contribution >= 4 is 11.9 Å². The Labute approximate surface area is 114 Å². The van der Waals surface area contributed by atoms with E-state index in [9.17, 15) is 14.7 Å². The molecule has 3 N–H and O–H groups in total. The van der Waals surface area contributed by atoms with E-state index < -0.39 is 5.97 Å². The zero-order chi connectivity index (χ0) is 14.4. The average Bonchev–Trinajstić information content (AvgIpc) is 2.84. The lowest BCUT2D eigenvalue weighted by Crippen LogP contribution is -2.44. The molecule has 0 aromatic carbocycles. The van der Waals surface area contributed by atoms with Crippen LogP contribution in [0, 0.1) is 11.3 Å². The van der Waals surface area contributed by atoms with Crippen LogP contribution in [0.1, 0.15) is 46.5 Å². The van der Waals surface area contributed by atoms with Crippen LogP contribution in [0.5, 0.6) is 0 Å². The number of carboxylic acids is 1. The highest BCUT2D eigenvalue weighted by Gasteiger charge is 2.51. The highest BCUT2D eigenvalue weighted by atomic mass is 16.4. The fraction of sp³-hybridized carbons (Fsp3) is 0.857. The van der Waals surface area contributed by atoms with Crippen molar-refractivity contribution in [3.63, 3.8) is 0 Å². The Kier molecular flexibility index (Phi) is 3.60. The number of nitrogens with two attached hydrogens (primary N) is 1. The molecule has 19 heavy (non-hydrogen) atoms. The van der Waals surface area contributed by atoms with Gasteiger partial charge >= 0.3 is 5.97 Å². The number of hydrogen-bond acceptors (Lipinski definition) is 3. The summed E-state index contributed by atoms with van der Waals surface area (Å²) in [6, 6.07) is -0.184. The first-order valence-electron chi connectivity index (χ1n) is 7.01. The van der Waals surface area contributed by atoms with Crippen molar-refractivity contribution < 1.29 is 14.7 Å². The molecular weight excluding hydrogens is 244 g/mol. The number of hydrogen-bond donors (Lipinski definition) is 2. The predicted octanol–water partition coefficient (Wildman–Crippen LogP) is 1.21. The molecule has 0 aromatic heterocycles. The summed E-state index contributed by atoms with van der Waals surface area (Å²) in [6.45, 7) is 6.05. The van der Waals surface area contributed by atoms with Crippen LogP contribution in [0.25, 0.3) is 0 Å². The minimum Gasteiger partial charge on any atom is -0.481 e. The van der Waals surface area contributed by atoms with E-state index in [1.807, 2.05) is 25.7 Å². The molecule has 0 spiro atoms. The molecular formula is C14H24N2O3. The number of amides is 1. The van der Waals surface area contributed by atoms with Crippen LogP contribution >= 0.6 is 0 Å². The van der Waals surface area contributed by atoms with Gasteiger partial charge in [0, 0.05) is 24.5 Å². The second-order valence-corrected chi connectivity index (χ2v) is 6.96. The number of rotatable bonds is 3. The van der Waals surface area contributed by atoms with Gasteiger partial charge in [0.1, 0.15) is 0 Å². The van der Waals surface area contributed by atoms with Crippen molar-refractivity contribution in [1.29, 1.82) is 0 Å². The van der Waals surface area contributed by atoms with Crippen molar-refractivity contribution in [1.82, 2.24) is 4.90 Å². The second-order valence-electron chi connectivity index (χ2n) is 6.96. The van der Waals surface area contributed by atoms with Crippen molar-refractivity contribution in [2.45, 2.75) is 64.6 Å². The Morgan fingerprint density at radius 3 is 2.47 bits per heavy atom. The van der Waals surface area contributed by atoms with Crippen LogP contribution in [-0.2, 0) is 9.59 Å². The van der Waals surface area contributed by atoms with Crippen molar-refractivity contribution in [2.75, 3.05) is 0 Å². The van der Waals surface area contributed by atoms with E-state index in [1.54, 1.807) is 0 Å². The summed E-state index contributed by atoms with van der Waals surface area (Å²) in [6.07, 6.45) is 2.67. The van der Waals surface area contributed by atoms with Gasteiger partial charge in [0.2, 0.25) is 5.91 Å². The molecule has 108 valence electrons. The summed E-state index contributed by atoms with van der Waals surface area (Å²) >= 11 is 0. The van der Waals surface area contributed by atoms with Gasteiger partial charge in [0.05, 0.1) is 5.92 Å². The number of carbonyl (C=O) groups is 2. The third kappa shape index (κ3) is 2.61. The first-order valence-corrected chi connectivity index (χ1v) is 7.01. The highest BCUT2D eigenvalue weighted by Crippen LogP contribution is 2.42. The highest BCUT2D eigenvalue weighted by molar-refractivity contribution is 5.81. The van der Waals surface area contributed by atoms with Gasteiger partial charge in [0.15, 0.2) is 0 Å². The molecule has 2 bridgehead atoms. The molecule has 2 rings (SSSR count). The van der Waals surface area contributed by atoms with Crippen LogP contribution in [0.15, 0.2) is 0 Å². The van der Waals surface area contributed by atoms with Gasteiger partial charge in [-0.25, -0.2) is 0 Å². The number of aliphatic carboxylic acids is 1. The molecule has 0 aromatic rings. The first kappa shape index (κ1) is 14.3. The summed E-state index contributed by atoms with van der Waals surface area (Å²) in [4.78, 5) is 25.4. The summed E-state index contributed by atoms with van der Waals surface area (Å²) in [5.74, 6) is -1.13. The van der Waals surface area contributed by atoms with Gasteiger partial charge in [-0.2, -0.15) is 0 Å². The maximum absolute atomic E-state index is 12.4. The maximum atomic E-state index is 12.4. The second kappa shape index (κ2) is 4.78. The monoisotopic (exact) mass is 268 g/mol. The maximum Gasteiger partial charge on any atom is 0.308 e. The summed E-state index contributed by atoms with van der Waals surface area (Å²) in [5, 5.41) is 9.18. The molecule has 5 nitrogen and oxygen atoms in total. The Morgan fingerprint density at radius 2 is 2.00 bits per heavy atom. The van der Waals surface area contributed by atoms with Gasteiger partial charge in [-0.05, 0) is 24.7 Å². The molecule has 2 aliphatic heterocycles. The number of carboxylic acid groups (broad SMARTS) is 1. The minimum absolute atomic E-state index is 0.0266. The zero-order valence-electron chi connectivity index (χ0n) is 11.9. The van der Waals surface area contributed by atoms with Gasteiger partial charge in [-0.3, -0.25) is 9.59 Å². The summed E-state index contributed by atoms with van der Waals surface area (Å²) in [5.41, 5.74) is 5.95. The normalized spacial score (nSPS) is 31.6. The van der Waals surface area contributed by atoms with Crippen molar-refractivity contribution in [3.05, 3.63) is 0 Å². The molecule has 0 radical (unpaired) electrons. The SMILES string of the molecule is CC(C)(C)C(N)CC(=O)N1C2CCC1C(C(=O)O)C2. The van der Waals surface area contributed by atoms with E-state index in [4.69, 9.17) is 5.73 Å². The van der Waals surface area contributed by atoms with Crippen LogP contribution < -0.4 is 5.73 Å². The smallest absolute Gasteiger partial charge is 0.308 e. The summed E-state index contributed by atoms with van der Waals surface area (Å²) in [7, 11) is 0. The van der Waals surface area contributed by atoms with Crippen molar-refractivity contribution in [3.8, 4) is 0 Å². The molecule has 0 aliphatic carbocycles. The van der Waals surface area contributed by atoms with E-state index in [-0.39, 0.29) is 35.4 Å². The Balaban J connectivity index is 2.03. The largest absolute Gasteiger partial charge is 0.481 e. The van der Waals surface area contributed by atoms with E-state index in [2.05, 4.69) is 0 Å². The number of fused-ring (bicyclic) bond motifs is 2. The lowest BCUT2D eigenvalue weighted by Gasteiger charge is -2.30. The minimum atomic E-state index is -0.773. The molecule has 4 unspecified atom stereocenters. The topological polar surface area (TPSA) is 83.6 Å². The summed E-state index contributed by atoms with van der Waals surface area (Å²) < 4.78 is 0. The lowest BCUT2D eigenvalue weighted by atomic mass is 9.85. The lowest BCUT2D eigenvalue weighted by molar-refractivity contribution is -0.143. The van der Waals surface area contributed by atoms with E-state index in [0.717, 1.165) is 12.8 Å². The molecule has 2 aliphatic rings. The van der Waals surface area contributed by atoms with Gasteiger partial charge < -0.3 is 15.7 Å². The molecule has 0 saturated carbocycles. The third-order valence-electron chi connectivity index (χ3n) is 4.65. The van der Waals surface area contributed by atoms with E-state index in [0.29, 0.717) is 12.8 Å². The molecule has 4 atom stereocenters. The van der Waals surface area contributed by atoms with Gasteiger partial charge in [-0.15, -0.1) is 0 Å². The van der Waals surface area contributed by atoms with Crippen LogP contribution in [-0.4, -0.2) is 40.0 Å². The van der Waals surface area contributed by atoms with Gasteiger partial charge in [-0.1, -0.05) is 20.8 Å². The quantitative estimate of drug-likeness (QED) is 0.806. The standard InChI is InChI=1S/C14H24N2O3/c1-14(2,3)11(15)7-12(17)16-8-4-5-10(16)9(6-8)13(18)19/h8-11H,4-7,15H2,1-3H3,(H,18,19). The predicted molar refractivity (Wildman–Crippen MR) is 71.4 cm³/mol. The Bertz CT molecular complexity index is 389. The first-order chi connectivity index (χ1) is 8.71. The Hall–Kier alpha value is -1.10. The molecule has 2 heterocycles.